The predicted molar refractivity (Wildman–Crippen MR) is 105 cm³/mol. The van der Waals surface area contributed by atoms with Crippen molar-refractivity contribution in [2.45, 2.75) is 11.1 Å². The Morgan fingerprint density at radius 3 is 2.31 bits per heavy atom. The molecule has 1 aromatic heterocycles. The first-order chi connectivity index (χ1) is 13.4. The molecule has 0 saturated heterocycles. The molecule has 1 N–H and O–H groups in total. The molecule has 11 heteroatoms. The fourth-order valence-electron chi connectivity index (χ4n) is 2.39. The summed E-state index contributed by atoms with van der Waals surface area (Å²) < 4.78 is 61.1. The van der Waals surface area contributed by atoms with Crippen molar-refractivity contribution in [3.63, 3.8) is 0 Å². The van der Waals surface area contributed by atoms with Crippen molar-refractivity contribution < 1.29 is 26.4 Å². The zero-order chi connectivity index (χ0) is 21.4. The van der Waals surface area contributed by atoms with Crippen LogP contribution in [0.2, 0.25) is 5.02 Å². The minimum atomic E-state index is -4.53. The third-order valence-corrected chi connectivity index (χ3v) is 6.12. The number of hydrogen-bond donors (Lipinski definition) is 1. The molecular formula is C18H12ClF3N2O3S2. The first-order valence-electron chi connectivity index (χ1n) is 7.89. The second-order valence-corrected chi connectivity index (χ2v) is 9.26. The Labute approximate surface area is 173 Å². The van der Waals surface area contributed by atoms with Gasteiger partial charge in [0, 0.05) is 28.5 Å². The maximum Gasteiger partial charge on any atom is 0.443 e. The van der Waals surface area contributed by atoms with Gasteiger partial charge in [-0.3, -0.25) is 4.79 Å². The van der Waals surface area contributed by atoms with Gasteiger partial charge in [0.1, 0.15) is 0 Å². The molecular weight excluding hydrogens is 449 g/mol. The third kappa shape index (κ3) is 4.95. The maximum absolute atomic E-state index is 12.7. The molecule has 0 saturated carbocycles. The zero-order valence-corrected chi connectivity index (χ0v) is 17.0. The number of alkyl halides is 3. The van der Waals surface area contributed by atoms with Crippen molar-refractivity contribution in [1.29, 1.82) is 0 Å². The summed E-state index contributed by atoms with van der Waals surface area (Å²) in [7, 11) is -3.37. The molecule has 0 unspecified atom stereocenters. The molecule has 0 spiro atoms. The maximum atomic E-state index is 12.7. The highest BCUT2D eigenvalue weighted by molar-refractivity contribution is 7.90. The number of nitrogens with zero attached hydrogens (tertiary/aromatic N) is 1. The summed E-state index contributed by atoms with van der Waals surface area (Å²) >= 11 is 6.62. The number of amides is 1. The number of rotatable bonds is 4. The second kappa shape index (κ2) is 7.77. The lowest BCUT2D eigenvalue weighted by atomic mass is 10.1. The monoisotopic (exact) mass is 460 g/mol. The topological polar surface area (TPSA) is 76.1 Å². The molecule has 0 aliphatic rings. The molecule has 5 nitrogen and oxygen atoms in total. The molecule has 1 amide bonds. The Balaban J connectivity index is 1.78. The summed E-state index contributed by atoms with van der Waals surface area (Å²) in [6, 6.07) is 9.72. The van der Waals surface area contributed by atoms with Gasteiger partial charge < -0.3 is 5.32 Å². The van der Waals surface area contributed by atoms with E-state index in [0.717, 1.165) is 6.26 Å². The van der Waals surface area contributed by atoms with Crippen LogP contribution in [-0.4, -0.2) is 25.6 Å². The van der Waals surface area contributed by atoms with E-state index in [1.165, 1.54) is 47.8 Å². The summed E-state index contributed by atoms with van der Waals surface area (Å²) in [6.45, 7) is 0. The molecule has 0 bridgehead atoms. The van der Waals surface area contributed by atoms with E-state index in [9.17, 15) is 26.4 Å². The molecule has 2 aromatic carbocycles. The van der Waals surface area contributed by atoms with Crippen LogP contribution in [0.5, 0.6) is 0 Å². The average Bonchev–Trinajstić information content (AvgIpc) is 3.11. The van der Waals surface area contributed by atoms with Crippen molar-refractivity contribution in [1.82, 2.24) is 4.98 Å². The first-order valence-corrected chi connectivity index (χ1v) is 11.0. The molecule has 0 atom stereocenters. The highest BCUT2D eigenvalue weighted by Gasteiger charge is 2.34. The number of halogens is 4. The van der Waals surface area contributed by atoms with Gasteiger partial charge >= 0.3 is 6.18 Å². The van der Waals surface area contributed by atoms with Gasteiger partial charge in [-0.1, -0.05) is 11.6 Å². The minimum absolute atomic E-state index is 0.0848. The Kier molecular flexibility index (Phi) is 5.70. The van der Waals surface area contributed by atoms with E-state index < -0.39 is 26.9 Å². The van der Waals surface area contributed by atoms with Gasteiger partial charge in [0.25, 0.3) is 5.91 Å². The second-order valence-electron chi connectivity index (χ2n) is 5.98. The number of carbonyl (C=O) groups excluding carboxylic acids is 1. The summed E-state index contributed by atoms with van der Waals surface area (Å²) in [5.41, 5.74) is 0.935. The number of hydrogen-bond acceptors (Lipinski definition) is 5. The highest BCUT2D eigenvalue weighted by Crippen LogP contribution is 2.36. The summed E-state index contributed by atoms with van der Waals surface area (Å²) in [5.74, 6) is -0.498. The molecule has 152 valence electrons. The van der Waals surface area contributed by atoms with Crippen LogP contribution in [0.3, 0.4) is 0 Å². The first kappa shape index (κ1) is 21.3. The van der Waals surface area contributed by atoms with Crippen LogP contribution < -0.4 is 5.32 Å². The van der Waals surface area contributed by atoms with Crippen molar-refractivity contribution >= 4 is 44.4 Å². The molecule has 1 heterocycles. The molecule has 0 aliphatic carbocycles. The van der Waals surface area contributed by atoms with Gasteiger partial charge in [0.05, 0.1) is 15.6 Å². The van der Waals surface area contributed by atoms with Crippen LogP contribution >= 0.6 is 22.9 Å². The van der Waals surface area contributed by atoms with Gasteiger partial charge in [0.2, 0.25) is 0 Å². The molecule has 0 fully saturated rings. The lowest BCUT2D eigenvalue weighted by molar-refractivity contribution is -0.137. The highest BCUT2D eigenvalue weighted by atomic mass is 35.5. The fourth-order valence-corrected chi connectivity index (χ4v) is 3.98. The Morgan fingerprint density at radius 1 is 1.14 bits per heavy atom. The molecule has 3 rings (SSSR count). The van der Waals surface area contributed by atoms with Gasteiger partial charge in [-0.25, -0.2) is 13.4 Å². The van der Waals surface area contributed by atoms with Crippen LogP contribution in [-0.2, 0) is 16.0 Å². The van der Waals surface area contributed by atoms with Crippen LogP contribution in [0.25, 0.3) is 11.3 Å². The van der Waals surface area contributed by atoms with Crippen LogP contribution in [0.15, 0.2) is 52.7 Å². The van der Waals surface area contributed by atoms with Crippen molar-refractivity contribution in [3.8, 4) is 11.3 Å². The van der Waals surface area contributed by atoms with Gasteiger partial charge in [0.15, 0.2) is 14.8 Å². The SMILES string of the molecule is CS(=O)(=O)c1ccc(C(=O)Nc2ccc(-c3csc(C(F)(F)F)n3)c(Cl)c2)cc1. The number of nitrogens with one attached hydrogen (secondary N) is 1. The standard InChI is InChI=1S/C18H12ClF3N2O3S2/c1-29(26,27)12-5-2-10(3-6-12)16(25)23-11-4-7-13(14(19)8-11)15-9-28-17(24-15)18(20,21)22/h2-9H,1H3,(H,23,25). The van der Waals surface area contributed by atoms with E-state index in [0.29, 0.717) is 22.6 Å². The third-order valence-electron chi connectivity index (χ3n) is 3.79. The summed E-state index contributed by atoms with van der Waals surface area (Å²) in [4.78, 5) is 16.0. The zero-order valence-electron chi connectivity index (χ0n) is 14.6. The molecule has 0 aliphatic heterocycles. The number of sulfone groups is 1. The number of aromatic nitrogens is 1. The van der Waals surface area contributed by atoms with Gasteiger partial charge in [-0.2, -0.15) is 13.2 Å². The van der Waals surface area contributed by atoms with Crippen molar-refractivity contribution in [3.05, 3.63) is 63.4 Å². The Morgan fingerprint density at radius 2 is 1.79 bits per heavy atom. The van der Waals surface area contributed by atoms with Gasteiger partial charge in [-0.15, -0.1) is 11.3 Å². The smallest absolute Gasteiger partial charge is 0.322 e. The Bertz CT molecular complexity index is 1170. The van der Waals surface area contributed by atoms with Crippen LogP contribution in [0, 0.1) is 0 Å². The Hall–Kier alpha value is -2.43. The van der Waals surface area contributed by atoms with Crippen molar-refractivity contribution in [2.75, 3.05) is 11.6 Å². The quantitative estimate of drug-likeness (QED) is 0.585. The van der Waals surface area contributed by atoms with Crippen LogP contribution in [0.1, 0.15) is 15.4 Å². The lowest BCUT2D eigenvalue weighted by Crippen LogP contribution is -2.12. The molecule has 0 radical (unpaired) electrons. The van der Waals surface area contributed by atoms with Crippen LogP contribution in [0.4, 0.5) is 18.9 Å². The predicted octanol–water partition coefficient (Wildman–Crippen LogP) is 5.14. The largest absolute Gasteiger partial charge is 0.443 e. The molecule has 3 aromatic rings. The normalized spacial score (nSPS) is 12.0. The number of benzene rings is 2. The molecule has 29 heavy (non-hydrogen) atoms. The van der Waals surface area contributed by atoms with E-state index in [-0.39, 0.29) is 21.2 Å². The van der Waals surface area contributed by atoms with E-state index in [1.54, 1.807) is 0 Å². The van der Waals surface area contributed by atoms with E-state index in [1.807, 2.05) is 0 Å². The van der Waals surface area contributed by atoms with E-state index in [4.69, 9.17) is 11.6 Å². The fraction of sp³-hybridized carbons (Fsp3) is 0.111. The van der Waals surface area contributed by atoms with Crippen molar-refractivity contribution in [2.24, 2.45) is 0 Å². The van der Waals surface area contributed by atoms with E-state index in [2.05, 4.69) is 10.3 Å². The van der Waals surface area contributed by atoms with Gasteiger partial charge in [-0.05, 0) is 42.5 Å². The number of anilines is 1. The minimum Gasteiger partial charge on any atom is -0.322 e. The average molecular weight is 461 g/mol. The summed E-state index contributed by atoms with van der Waals surface area (Å²) in [6.07, 6.45) is -3.47. The summed E-state index contributed by atoms with van der Waals surface area (Å²) in [5, 5.41) is 3.00. The number of carbonyl (C=O) groups is 1. The van der Waals surface area contributed by atoms with E-state index >= 15 is 0 Å². The lowest BCUT2D eigenvalue weighted by Gasteiger charge is -2.08. The number of thiazole rings is 1.